The average Bonchev–Trinajstić information content (AvgIpc) is 3.27. The van der Waals surface area contributed by atoms with Gasteiger partial charge in [-0.2, -0.15) is 0 Å². The number of furan rings is 1. The molecule has 0 radical (unpaired) electrons. The molecule has 0 spiro atoms. The molecule has 0 fully saturated rings. The maximum Gasteiger partial charge on any atom is 0.126 e. The second-order valence-electron chi connectivity index (χ2n) is 6.99. The molecule has 0 amide bonds. The molecule has 3 aromatic carbocycles. The van der Waals surface area contributed by atoms with Crippen molar-refractivity contribution in [2.75, 3.05) is 0 Å². The standard InChI is InChI=1S/C18H16.C4H4O.C3H6O/c1-3-7-15-13(5-1)9-11-18-16-8-4-2-6-14(16)10-12-17(15)18;1-2-4-5-3-1;1-3(2)4/h1,3,5,7,9-12H,2,4,6,8H2;1-4H;1-2H3. The van der Waals surface area contributed by atoms with Gasteiger partial charge >= 0.3 is 0 Å². The lowest BCUT2D eigenvalue weighted by molar-refractivity contribution is -0.114. The molecule has 0 saturated heterocycles. The number of carbonyl (C=O) groups is 1. The zero-order chi connectivity index (χ0) is 19.1. The van der Waals surface area contributed by atoms with E-state index in [2.05, 4.69) is 52.9 Å². The van der Waals surface area contributed by atoms with Crippen molar-refractivity contribution >= 4 is 27.3 Å². The fourth-order valence-electron chi connectivity index (χ4n) is 3.57. The van der Waals surface area contributed by atoms with Gasteiger partial charge in [0.1, 0.15) is 5.78 Å². The highest BCUT2D eigenvalue weighted by Gasteiger charge is 2.13. The predicted molar refractivity (Wildman–Crippen MR) is 113 cm³/mol. The number of carbonyl (C=O) groups excluding carboxylic acids is 1. The number of hydrogen-bond donors (Lipinski definition) is 0. The fraction of sp³-hybridized carbons (Fsp3) is 0.240. The van der Waals surface area contributed by atoms with Crippen LogP contribution in [0.1, 0.15) is 37.8 Å². The van der Waals surface area contributed by atoms with Crippen LogP contribution in [0.4, 0.5) is 0 Å². The summed E-state index contributed by atoms with van der Waals surface area (Å²) in [5.74, 6) is 0.167. The van der Waals surface area contributed by atoms with Gasteiger partial charge in [0, 0.05) is 0 Å². The van der Waals surface area contributed by atoms with E-state index in [9.17, 15) is 4.79 Å². The van der Waals surface area contributed by atoms with Crippen LogP contribution in [0.5, 0.6) is 0 Å². The van der Waals surface area contributed by atoms with Crippen molar-refractivity contribution in [3.8, 4) is 0 Å². The average molecular weight is 358 g/mol. The van der Waals surface area contributed by atoms with Crippen molar-refractivity contribution in [1.29, 1.82) is 0 Å². The van der Waals surface area contributed by atoms with Crippen molar-refractivity contribution in [3.05, 3.63) is 84.3 Å². The minimum atomic E-state index is 0.167. The van der Waals surface area contributed by atoms with E-state index in [1.807, 2.05) is 12.1 Å². The first-order valence-corrected chi connectivity index (χ1v) is 9.53. The Kier molecular flexibility index (Phi) is 6.43. The molecule has 2 nitrogen and oxygen atoms in total. The monoisotopic (exact) mass is 358 g/mol. The normalized spacial score (nSPS) is 12.4. The third kappa shape index (κ3) is 4.85. The summed E-state index contributed by atoms with van der Waals surface area (Å²) >= 11 is 0. The first kappa shape index (κ1) is 18.9. The van der Waals surface area contributed by atoms with E-state index < -0.39 is 0 Å². The summed E-state index contributed by atoms with van der Waals surface area (Å²) < 4.78 is 4.58. The van der Waals surface area contributed by atoms with Gasteiger partial charge in [-0.25, -0.2) is 0 Å². The largest absolute Gasteiger partial charge is 0.473 e. The van der Waals surface area contributed by atoms with Gasteiger partial charge in [0.2, 0.25) is 0 Å². The van der Waals surface area contributed by atoms with Gasteiger partial charge < -0.3 is 9.21 Å². The van der Waals surface area contributed by atoms with E-state index in [-0.39, 0.29) is 5.78 Å². The quantitative estimate of drug-likeness (QED) is 0.326. The molecule has 5 rings (SSSR count). The zero-order valence-corrected chi connectivity index (χ0v) is 16.1. The van der Waals surface area contributed by atoms with Gasteiger partial charge in [0.15, 0.2) is 0 Å². The van der Waals surface area contributed by atoms with Crippen molar-refractivity contribution < 1.29 is 9.21 Å². The third-order valence-corrected chi connectivity index (χ3v) is 4.68. The highest BCUT2D eigenvalue weighted by atomic mass is 16.3. The highest BCUT2D eigenvalue weighted by Crippen LogP contribution is 2.33. The molecule has 1 aliphatic carbocycles. The number of aryl methyl sites for hydroxylation is 2. The Morgan fingerprint density at radius 3 is 2.11 bits per heavy atom. The van der Waals surface area contributed by atoms with Gasteiger partial charge in [0.05, 0.1) is 12.5 Å². The Labute approximate surface area is 160 Å². The second kappa shape index (κ2) is 9.18. The van der Waals surface area contributed by atoms with Gasteiger partial charge in [-0.3, -0.25) is 0 Å². The molecule has 1 heterocycles. The molecule has 0 unspecified atom stereocenters. The number of ketones is 1. The van der Waals surface area contributed by atoms with Crippen molar-refractivity contribution in [3.63, 3.8) is 0 Å². The molecule has 138 valence electrons. The topological polar surface area (TPSA) is 30.2 Å². The predicted octanol–water partition coefficient (Wildman–Crippen LogP) is 6.75. The summed E-state index contributed by atoms with van der Waals surface area (Å²) in [5, 5.41) is 5.64. The van der Waals surface area contributed by atoms with Crippen LogP contribution in [-0.2, 0) is 17.6 Å². The van der Waals surface area contributed by atoms with Crippen LogP contribution in [0.25, 0.3) is 21.5 Å². The molecule has 0 atom stereocenters. The number of Topliss-reactive ketones (excluding diaryl/α,β-unsaturated/α-hetero) is 1. The molecule has 0 bridgehead atoms. The molecular weight excluding hydrogens is 332 g/mol. The molecule has 1 aliphatic rings. The second-order valence-corrected chi connectivity index (χ2v) is 6.99. The number of hydrogen-bond acceptors (Lipinski definition) is 2. The smallest absolute Gasteiger partial charge is 0.126 e. The lowest BCUT2D eigenvalue weighted by Gasteiger charge is -2.18. The van der Waals surface area contributed by atoms with Gasteiger partial charge in [-0.05, 0) is 84.3 Å². The third-order valence-electron chi connectivity index (χ3n) is 4.68. The van der Waals surface area contributed by atoms with Crippen LogP contribution in [0.15, 0.2) is 77.6 Å². The number of fused-ring (bicyclic) bond motifs is 5. The van der Waals surface area contributed by atoms with Crippen LogP contribution >= 0.6 is 0 Å². The van der Waals surface area contributed by atoms with Crippen LogP contribution < -0.4 is 0 Å². The Balaban J connectivity index is 0.000000195. The van der Waals surface area contributed by atoms with E-state index in [0.29, 0.717) is 0 Å². The van der Waals surface area contributed by atoms with Gasteiger partial charge in [0.25, 0.3) is 0 Å². The Morgan fingerprint density at radius 1 is 0.741 bits per heavy atom. The van der Waals surface area contributed by atoms with E-state index in [1.165, 1.54) is 61.1 Å². The van der Waals surface area contributed by atoms with E-state index in [4.69, 9.17) is 0 Å². The summed E-state index contributed by atoms with van der Waals surface area (Å²) in [6.45, 7) is 3.06. The van der Waals surface area contributed by atoms with E-state index in [1.54, 1.807) is 23.7 Å². The van der Waals surface area contributed by atoms with Crippen LogP contribution in [0.3, 0.4) is 0 Å². The van der Waals surface area contributed by atoms with Crippen LogP contribution in [0.2, 0.25) is 0 Å². The molecule has 2 heteroatoms. The highest BCUT2D eigenvalue weighted by molar-refractivity contribution is 6.08. The van der Waals surface area contributed by atoms with Crippen LogP contribution in [0, 0.1) is 0 Å². The molecule has 27 heavy (non-hydrogen) atoms. The first-order valence-electron chi connectivity index (χ1n) is 9.53. The van der Waals surface area contributed by atoms with Crippen LogP contribution in [-0.4, -0.2) is 5.78 Å². The number of benzene rings is 3. The molecule has 0 aliphatic heterocycles. The van der Waals surface area contributed by atoms with Gasteiger partial charge in [-0.15, -0.1) is 0 Å². The summed E-state index contributed by atoms with van der Waals surface area (Å²) in [6.07, 6.45) is 8.47. The summed E-state index contributed by atoms with van der Waals surface area (Å²) in [4.78, 5) is 9.44. The van der Waals surface area contributed by atoms with E-state index >= 15 is 0 Å². The maximum absolute atomic E-state index is 9.44. The summed E-state index contributed by atoms with van der Waals surface area (Å²) in [7, 11) is 0. The lowest BCUT2D eigenvalue weighted by atomic mass is 9.86. The molecule has 0 saturated carbocycles. The Hall–Kier alpha value is -2.87. The van der Waals surface area contributed by atoms with Gasteiger partial charge in [-0.1, -0.05) is 48.5 Å². The molecule has 1 aromatic heterocycles. The Bertz CT molecular complexity index is 992. The maximum atomic E-state index is 9.44. The minimum absolute atomic E-state index is 0.167. The van der Waals surface area contributed by atoms with Crippen molar-refractivity contribution in [2.24, 2.45) is 0 Å². The van der Waals surface area contributed by atoms with E-state index in [0.717, 1.165) is 0 Å². The number of rotatable bonds is 0. The molecule has 4 aromatic rings. The SMILES string of the molecule is CC(C)=O.c1ccc2c(c1)ccc1c3c(ccc12)CCCC3.c1ccoc1. The molecule has 0 N–H and O–H groups in total. The fourth-order valence-corrected chi connectivity index (χ4v) is 3.57. The Morgan fingerprint density at radius 2 is 1.41 bits per heavy atom. The summed E-state index contributed by atoms with van der Waals surface area (Å²) in [6, 6.07) is 21.6. The zero-order valence-electron chi connectivity index (χ0n) is 16.1. The lowest BCUT2D eigenvalue weighted by Crippen LogP contribution is -2.02. The summed E-state index contributed by atoms with van der Waals surface area (Å²) in [5.41, 5.74) is 3.17. The first-order chi connectivity index (χ1) is 13.2. The van der Waals surface area contributed by atoms with Crippen molar-refractivity contribution in [1.82, 2.24) is 0 Å². The van der Waals surface area contributed by atoms with Crippen molar-refractivity contribution in [2.45, 2.75) is 39.5 Å². The minimum Gasteiger partial charge on any atom is -0.473 e. The molecular formula is C25H26O2.